The molecule has 2 N–H and O–H groups in total. The van der Waals surface area contributed by atoms with Crippen molar-refractivity contribution < 1.29 is 23.1 Å². The van der Waals surface area contributed by atoms with E-state index in [-0.39, 0.29) is 24.6 Å². The number of rotatable bonds is 7. The molecule has 2 amide bonds. The highest BCUT2D eigenvalue weighted by Crippen LogP contribution is 2.19. The first-order chi connectivity index (χ1) is 16.0. The minimum Gasteiger partial charge on any atom is -0.484 e. The number of amides is 2. The van der Waals surface area contributed by atoms with Gasteiger partial charge in [0.15, 0.2) is 6.61 Å². The third kappa shape index (κ3) is 5.82. The van der Waals surface area contributed by atoms with Gasteiger partial charge in [0.05, 0.1) is 0 Å². The number of anilines is 1. The molecule has 0 aliphatic heterocycles. The van der Waals surface area contributed by atoms with Gasteiger partial charge in [0.25, 0.3) is 11.8 Å². The van der Waals surface area contributed by atoms with E-state index in [1.807, 2.05) is 0 Å². The number of carbonyl (C=O) groups excluding carboxylic acids is 2. The zero-order valence-corrected chi connectivity index (χ0v) is 17.3. The first kappa shape index (κ1) is 21.8. The maximum atomic E-state index is 13.3. The first-order valence-electron chi connectivity index (χ1n) is 10.1. The smallest absolute Gasteiger partial charge is 0.336 e. The minimum absolute atomic E-state index is 0.207. The predicted molar refractivity (Wildman–Crippen MR) is 121 cm³/mol. The Balaban J connectivity index is 1.30. The monoisotopic (exact) mass is 446 g/mol. The van der Waals surface area contributed by atoms with E-state index in [4.69, 9.17) is 9.15 Å². The molecule has 0 atom stereocenters. The summed E-state index contributed by atoms with van der Waals surface area (Å²) in [6, 6.07) is 20.3. The number of halogens is 1. The van der Waals surface area contributed by atoms with Crippen LogP contribution in [0, 0.1) is 5.82 Å². The molecular formula is C25H19FN2O5. The molecule has 0 saturated carbocycles. The van der Waals surface area contributed by atoms with Gasteiger partial charge in [-0.15, -0.1) is 0 Å². The fourth-order valence-electron chi connectivity index (χ4n) is 3.12. The van der Waals surface area contributed by atoms with Gasteiger partial charge in [-0.1, -0.05) is 18.2 Å². The van der Waals surface area contributed by atoms with E-state index in [1.54, 1.807) is 48.5 Å². The Kier molecular flexibility index (Phi) is 6.45. The lowest BCUT2D eigenvalue weighted by atomic mass is 10.1. The standard InChI is InChI=1S/C25H19FN2O5/c26-19-5-2-4-18(12-19)25(31)28-20-6-1-3-16(11-20)14-27-23(29)15-32-21-9-7-17-8-10-24(30)33-22(17)13-21/h1-13H,14-15H2,(H,27,29)(H,28,31). The topological polar surface area (TPSA) is 97.6 Å². The summed E-state index contributed by atoms with van der Waals surface area (Å²) in [6.45, 7) is -0.00294. The Morgan fingerprint density at radius 3 is 2.61 bits per heavy atom. The number of hydrogen-bond acceptors (Lipinski definition) is 5. The molecule has 7 nitrogen and oxygen atoms in total. The van der Waals surface area contributed by atoms with Crippen molar-refractivity contribution >= 4 is 28.5 Å². The number of ether oxygens (including phenoxy) is 1. The molecule has 4 aromatic rings. The molecule has 0 saturated heterocycles. The zero-order valence-electron chi connectivity index (χ0n) is 17.3. The summed E-state index contributed by atoms with van der Waals surface area (Å²) in [6.07, 6.45) is 0. The van der Waals surface area contributed by atoms with Crippen LogP contribution < -0.4 is 21.0 Å². The van der Waals surface area contributed by atoms with Gasteiger partial charge in [-0.25, -0.2) is 9.18 Å². The second kappa shape index (κ2) is 9.78. The molecule has 4 rings (SSSR count). The van der Waals surface area contributed by atoms with Crippen molar-refractivity contribution in [1.82, 2.24) is 5.32 Å². The van der Waals surface area contributed by atoms with E-state index in [2.05, 4.69) is 10.6 Å². The Hall–Kier alpha value is -4.46. The van der Waals surface area contributed by atoms with Crippen LogP contribution in [0.25, 0.3) is 11.0 Å². The summed E-state index contributed by atoms with van der Waals surface area (Å²) in [7, 11) is 0. The van der Waals surface area contributed by atoms with Gasteiger partial charge >= 0.3 is 5.63 Å². The normalized spacial score (nSPS) is 10.6. The van der Waals surface area contributed by atoms with E-state index in [1.165, 1.54) is 24.3 Å². The maximum Gasteiger partial charge on any atom is 0.336 e. The molecule has 166 valence electrons. The molecule has 0 bridgehead atoms. The van der Waals surface area contributed by atoms with Gasteiger partial charge in [-0.05, 0) is 54.1 Å². The Labute approximate surface area is 187 Å². The molecule has 0 aliphatic rings. The number of nitrogens with one attached hydrogen (secondary N) is 2. The molecule has 8 heteroatoms. The summed E-state index contributed by atoms with van der Waals surface area (Å²) in [4.78, 5) is 35.8. The number of fused-ring (bicyclic) bond motifs is 1. The van der Waals surface area contributed by atoms with Gasteiger partial charge in [0, 0.05) is 35.3 Å². The van der Waals surface area contributed by atoms with Crippen molar-refractivity contribution in [3.8, 4) is 5.75 Å². The largest absolute Gasteiger partial charge is 0.484 e. The summed E-state index contributed by atoms with van der Waals surface area (Å²) < 4.78 is 23.9. The van der Waals surface area contributed by atoms with Crippen LogP contribution in [0.5, 0.6) is 5.75 Å². The average molecular weight is 446 g/mol. The predicted octanol–water partition coefficient (Wildman–Crippen LogP) is 3.88. The van der Waals surface area contributed by atoms with Crippen molar-refractivity contribution in [3.05, 3.63) is 106 Å². The minimum atomic E-state index is -0.491. The van der Waals surface area contributed by atoms with Crippen molar-refractivity contribution in [1.29, 1.82) is 0 Å². The lowest BCUT2D eigenvalue weighted by Crippen LogP contribution is -2.28. The maximum absolute atomic E-state index is 13.3. The van der Waals surface area contributed by atoms with Crippen molar-refractivity contribution in [3.63, 3.8) is 0 Å². The van der Waals surface area contributed by atoms with E-state index < -0.39 is 17.3 Å². The fourth-order valence-corrected chi connectivity index (χ4v) is 3.12. The first-order valence-corrected chi connectivity index (χ1v) is 10.1. The van der Waals surface area contributed by atoms with Crippen LogP contribution in [0.3, 0.4) is 0 Å². The van der Waals surface area contributed by atoms with E-state index in [9.17, 15) is 18.8 Å². The molecule has 0 fully saturated rings. The molecule has 0 aliphatic carbocycles. The third-order valence-electron chi connectivity index (χ3n) is 4.73. The highest BCUT2D eigenvalue weighted by molar-refractivity contribution is 6.04. The van der Waals surface area contributed by atoms with Crippen LogP contribution in [0.2, 0.25) is 0 Å². The molecule has 1 heterocycles. The number of benzene rings is 3. The highest BCUT2D eigenvalue weighted by atomic mass is 19.1. The van der Waals surface area contributed by atoms with E-state index >= 15 is 0 Å². The Morgan fingerprint density at radius 2 is 1.76 bits per heavy atom. The van der Waals surface area contributed by atoms with Crippen LogP contribution in [-0.2, 0) is 11.3 Å². The fraction of sp³-hybridized carbons (Fsp3) is 0.0800. The van der Waals surface area contributed by atoms with Gasteiger partial charge in [-0.2, -0.15) is 0 Å². The third-order valence-corrected chi connectivity index (χ3v) is 4.73. The van der Waals surface area contributed by atoms with Crippen LogP contribution in [0.15, 0.2) is 88.1 Å². The lowest BCUT2D eigenvalue weighted by Gasteiger charge is -2.10. The lowest BCUT2D eigenvalue weighted by molar-refractivity contribution is -0.123. The molecule has 0 radical (unpaired) electrons. The van der Waals surface area contributed by atoms with Crippen molar-refractivity contribution in [2.24, 2.45) is 0 Å². The second-order valence-electron chi connectivity index (χ2n) is 7.18. The summed E-state index contributed by atoms with van der Waals surface area (Å²) in [5.74, 6) is -0.877. The molecule has 3 aromatic carbocycles. The average Bonchev–Trinajstić information content (AvgIpc) is 2.81. The molecule has 0 spiro atoms. The van der Waals surface area contributed by atoms with Crippen LogP contribution in [0.4, 0.5) is 10.1 Å². The Bertz CT molecular complexity index is 1380. The zero-order chi connectivity index (χ0) is 23.2. The molecule has 33 heavy (non-hydrogen) atoms. The SMILES string of the molecule is O=C(COc1ccc2ccc(=O)oc2c1)NCc1cccc(NC(=O)c2cccc(F)c2)c1. The number of carbonyl (C=O) groups is 2. The van der Waals surface area contributed by atoms with Crippen LogP contribution >= 0.6 is 0 Å². The number of hydrogen-bond donors (Lipinski definition) is 2. The molecule has 1 aromatic heterocycles. The summed E-state index contributed by atoms with van der Waals surface area (Å²) >= 11 is 0. The van der Waals surface area contributed by atoms with Crippen molar-refractivity contribution in [2.75, 3.05) is 11.9 Å². The quantitative estimate of drug-likeness (QED) is 0.420. The van der Waals surface area contributed by atoms with Crippen LogP contribution in [0.1, 0.15) is 15.9 Å². The van der Waals surface area contributed by atoms with E-state index in [0.717, 1.165) is 17.0 Å². The van der Waals surface area contributed by atoms with Crippen LogP contribution in [-0.4, -0.2) is 18.4 Å². The molecular weight excluding hydrogens is 427 g/mol. The summed E-state index contributed by atoms with van der Waals surface area (Å²) in [5, 5.41) is 6.19. The second-order valence-corrected chi connectivity index (χ2v) is 7.18. The van der Waals surface area contributed by atoms with Crippen molar-refractivity contribution in [2.45, 2.75) is 6.54 Å². The summed E-state index contributed by atoms with van der Waals surface area (Å²) in [5.41, 5.74) is 1.39. The molecule has 0 unspecified atom stereocenters. The van der Waals surface area contributed by atoms with Gasteiger partial charge < -0.3 is 19.8 Å². The Morgan fingerprint density at radius 1 is 0.939 bits per heavy atom. The highest BCUT2D eigenvalue weighted by Gasteiger charge is 2.09. The van der Waals surface area contributed by atoms with Gasteiger partial charge in [0.2, 0.25) is 0 Å². The van der Waals surface area contributed by atoms with Gasteiger partial charge in [-0.3, -0.25) is 9.59 Å². The van der Waals surface area contributed by atoms with E-state index in [0.29, 0.717) is 17.0 Å². The van der Waals surface area contributed by atoms with Gasteiger partial charge in [0.1, 0.15) is 17.1 Å².